The highest BCUT2D eigenvalue weighted by Crippen LogP contribution is 2.34. The summed E-state index contributed by atoms with van der Waals surface area (Å²) in [6, 6.07) is 0. The van der Waals surface area contributed by atoms with E-state index >= 15 is 0 Å². The molecule has 1 unspecified atom stereocenters. The lowest BCUT2D eigenvalue weighted by molar-refractivity contribution is 0.506. The molecule has 3 heteroatoms. The first kappa shape index (κ1) is 7.61. The third kappa shape index (κ3) is 1.32. The standard InChI is InChI=1S/C7H9ClFN/c1-7(8)4-5(10)2-3-6(7)9/h2-3H,4,10H2,1H3. The minimum absolute atomic E-state index is 0.316. The molecule has 0 amide bonds. The molecule has 0 radical (unpaired) electrons. The van der Waals surface area contributed by atoms with Gasteiger partial charge in [0, 0.05) is 12.1 Å². The van der Waals surface area contributed by atoms with Crippen molar-refractivity contribution in [3.63, 3.8) is 0 Å². The Bertz CT molecular complexity index is 206. The highest BCUT2D eigenvalue weighted by molar-refractivity contribution is 6.25. The van der Waals surface area contributed by atoms with Gasteiger partial charge >= 0.3 is 0 Å². The molecule has 0 saturated carbocycles. The van der Waals surface area contributed by atoms with Crippen molar-refractivity contribution < 1.29 is 4.39 Å². The van der Waals surface area contributed by atoms with Crippen LogP contribution in [0.5, 0.6) is 0 Å². The van der Waals surface area contributed by atoms with Crippen LogP contribution in [-0.2, 0) is 0 Å². The van der Waals surface area contributed by atoms with Crippen LogP contribution in [0.2, 0.25) is 0 Å². The fourth-order valence-corrected chi connectivity index (χ4v) is 1.10. The second-order valence-electron chi connectivity index (χ2n) is 2.63. The molecule has 1 aliphatic rings. The van der Waals surface area contributed by atoms with Crippen molar-refractivity contribution in [2.75, 3.05) is 0 Å². The molecule has 0 aromatic rings. The molecule has 1 rings (SSSR count). The van der Waals surface area contributed by atoms with Gasteiger partial charge in [-0.1, -0.05) is 0 Å². The van der Waals surface area contributed by atoms with E-state index in [1.54, 1.807) is 13.0 Å². The lowest BCUT2D eigenvalue weighted by atomic mass is 9.98. The molecule has 0 saturated heterocycles. The largest absolute Gasteiger partial charge is 0.402 e. The Morgan fingerprint density at radius 2 is 2.30 bits per heavy atom. The normalized spacial score (nSPS) is 33.1. The van der Waals surface area contributed by atoms with E-state index in [-0.39, 0.29) is 5.83 Å². The van der Waals surface area contributed by atoms with Crippen molar-refractivity contribution in [1.29, 1.82) is 0 Å². The van der Waals surface area contributed by atoms with E-state index in [0.717, 1.165) is 0 Å². The van der Waals surface area contributed by atoms with Crippen molar-refractivity contribution in [2.45, 2.75) is 18.2 Å². The minimum Gasteiger partial charge on any atom is -0.402 e. The number of allylic oxidation sites excluding steroid dienone is 4. The van der Waals surface area contributed by atoms with Gasteiger partial charge in [0.05, 0.1) is 4.87 Å². The first-order chi connectivity index (χ1) is 4.52. The van der Waals surface area contributed by atoms with Gasteiger partial charge in [0.25, 0.3) is 0 Å². The summed E-state index contributed by atoms with van der Waals surface area (Å²) in [5.41, 5.74) is 6.06. The lowest BCUT2D eigenvalue weighted by Gasteiger charge is -2.22. The van der Waals surface area contributed by atoms with Gasteiger partial charge in [0.15, 0.2) is 0 Å². The van der Waals surface area contributed by atoms with Crippen LogP contribution in [0.25, 0.3) is 0 Å². The Morgan fingerprint density at radius 3 is 2.70 bits per heavy atom. The topological polar surface area (TPSA) is 26.0 Å². The van der Waals surface area contributed by atoms with Crippen molar-refractivity contribution >= 4 is 11.6 Å². The predicted molar refractivity (Wildman–Crippen MR) is 40.3 cm³/mol. The van der Waals surface area contributed by atoms with Crippen LogP contribution < -0.4 is 5.73 Å². The number of rotatable bonds is 0. The van der Waals surface area contributed by atoms with Gasteiger partial charge in [-0.25, -0.2) is 4.39 Å². The van der Waals surface area contributed by atoms with Gasteiger partial charge in [-0.2, -0.15) is 0 Å². The van der Waals surface area contributed by atoms with E-state index in [1.165, 1.54) is 6.08 Å². The Kier molecular flexibility index (Phi) is 1.73. The molecular weight excluding hydrogens is 153 g/mol. The van der Waals surface area contributed by atoms with Crippen LogP contribution in [-0.4, -0.2) is 4.87 Å². The number of halogens is 2. The highest BCUT2D eigenvalue weighted by atomic mass is 35.5. The molecule has 56 valence electrons. The number of hydrogen-bond acceptors (Lipinski definition) is 1. The Hall–Kier alpha value is -0.500. The van der Waals surface area contributed by atoms with Gasteiger partial charge in [-0.15, -0.1) is 11.6 Å². The van der Waals surface area contributed by atoms with Crippen molar-refractivity contribution in [3.8, 4) is 0 Å². The van der Waals surface area contributed by atoms with E-state index in [2.05, 4.69) is 0 Å². The van der Waals surface area contributed by atoms with E-state index in [4.69, 9.17) is 17.3 Å². The highest BCUT2D eigenvalue weighted by Gasteiger charge is 2.29. The molecule has 1 aliphatic carbocycles. The molecule has 1 nitrogen and oxygen atoms in total. The Balaban J connectivity index is 2.89. The van der Waals surface area contributed by atoms with Gasteiger partial charge in [0.1, 0.15) is 5.83 Å². The average Bonchev–Trinajstić information content (AvgIpc) is 1.78. The number of alkyl halides is 1. The SMILES string of the molecule is CC1(Cl)CC(N)=CC=C1F. The van der Waals surface area contributed by atoms with E-state index in [0.29, 0.717) is 12.1 Å². The maximum absolute atomic E-state index is 12.8. The zero-order chi connectivity index (χ0) is 7.78. The number of hydrogen-bond donors (Lipinski definition) is 1. The maximum Gasteiger partial charge on any atom is 0.121 e. The summed E-state index contributed by atoms with van der Waals surface area (Å²) in [7, 11) is 0. The second-order valence-corrected chi connectivity index (χ2v) is 3.46. The summed E-state index contributed by atoms with van der Waals surface area (Å²) >= 11 is 5.75. The molecule has 0 fully saturated rings. The van der Waals surface area contributed by atoms with Gasteiger partial charge in [-0.3, -0.25) is 0 Å². The summed E-state index contributed by atoms with van der Waals surface area (Å²) in [4.78, 5) is -0.918. The smallest absolute Gasteiger partial charge is 0.121 e. The summed E-state index contributed by atoms with van der Waals surface area (Å²) < 4.78 is 12.8. The Morgan fingerprint density at radius 1 is 1.70 bits per heavy atom. The summed E-state index contributed by atoms with van der Waals surface area (Å²) in [5.74, 6) is -0.316. The minimum atomic E-state index is -0.918. The fraction of sp³-hybridized carbons (Fsp3) is 0.429. The molecule has 10 heavy (non-hydrogen) atoms. The van der Waals surface area contributed by atoms with Crippen molar-refractivity contribution in [2.24, 2.45) is 5.73 Å². The second kappa shape index (κ2) is 2.27. The van der Waals surface area contributed by atoms with Gasteiger partial charge < -0.3 is 5.73 Å². The van der Waals surface area contributed by atoms with Crippen molar-refractivity contribution in [1.82, 2.24) is 0 Å². The van der Waals surface area contributed by atoms with Crippen LogP contribution in [0.1, 0.15) is 13.3 Å². The summed E-state index contributed by atoms with van der Waals surface area (Å²) in [5, 5.41) is 0. The van der Waals surface area contributed by atoms with Crippen LogP contribution in [0.4, 0.5) is 4.39 Å². The van der Waals surface area contributed by atoms with E-state index in [1.807, 2.05) is 0 Å². The van der Waals surface area contributed by atoms with E-state index < -0.39 is 4.87 Å². The molecule has 0 spiro atoms. The van der Waals surface area contributed by atoms with Gasteiger partial charge in [-0.05, 0) is 19.1 Å². The summed E-state index contributed by atoms with van der Waals surface area (Å²) in [6.07, 6.45) is 3.24. The van der Waals surface area contributed by atoms with Gasteiger partial charge in [0.2, 0.25) is 0 Å². The predicted octanol–water partition coefficient (Wildman–Crippen LogP) is 2.08. The van der Waals surface area contributed by atoms with Crippen LogP contribution in [0.15, 0.2) is 23.7 Å². The summed E-state index contributed by atoms with van der Waals surface area (Å²) in [6.45, 7) is 1.61. The molecule has 0 heterocycles. The molecule has 1 atom stereocenters. The van der Waals surface area contributed by atoms with Crippen LogP contribution >= 0.6 is 11.6 Å². The Labute approximate surface area is 64.4 Å². The monoisotopic (exact) mass is 161 g/mol. The quantitative estimate of drug-likeness (QED) is 0.541. The zero-order valence-electron chi connectivity index (χ0n) is 5.70. The number of nitrogens with two attached hydrogens (primary N) is 1. The molecule has 0 aliphatic heterocycles. The van der Waals surface area contributed by atoms with Crippen LogP contribution in [0, 0.1) is 0 Å². The molecule has 0 aromatic carbocycles. The third-order valence-corrected chi connectivity index (χ3v) is 1.79. The van der Waals surface area contributed by atoms with E-state index in [9.17, 15) is 4.39 Å². The molecule has 0 aromatic heterocycles. The van der Waals surface area contributed by atoms with Crippen molar-refractivity contribution in [3.05, 3.63) is 23.7 Å². The molecular formula is C7H9ClFN. The lowest BCUT2D eigenvalue weighted by Crippen LogP contribution is -2.23. The maximum atomic E-state index is 12.8. The zero-order valence-corrected chi connectivity index (χ0v) is 6.45. The van der Waals surface area contributed by atoms with Crippen LogP contribution in [0.3, 0.4) is 0 Å². The third-order valence-electron chi connectivity index (χ3n) is 1.48. The first-order valence-electron chi connectivity index (χ1n) is 3.03. The first-order valence-corrected chi connectivity index (χ1v) is 3.41. The fourth-order valence-electron chi connectivity index (χ4n) is 0.881. The molecule has 2 N–H and O–H groups in total. The molecule has 0 bridgehead atoms. The average molecular weight is 162 g/mol.